The van der Waals surface area contributed by atoms with Crippen molar-refractivity contribution in [1.29, 1.82) is 0 Å². The molecule has 5 nitrogen and oxygen atoms in total. The molecule has 0 saturated heterocycles. The molecule has 0 aliphatic rings. The lowest BCUT2D eigenvalue weighted by Crippen LogP contribution is -2.10. The normalized spacial score (nSPS) is 11.5. The maximum Gasteiger partial charge on any atom is 0.345 e. The number of aromatic carboxylic acids is 1. The van der Waals surface area contributed by atoms with Gasteiger partial charge in [0.2, 0.25) is 0 Å². The van der Waals surface area contributed by atoms with Crippen molar-refractivity contribution in [2.45, 2.75) is 11.1 Å². The quantitative estimate of drug-likeness (QED) is 0.849. The molecule has 2 rings (SSSR count). The van der Waals surface area contributed by atoms with Gasteiger partial charge in [-0.25, -0.2) is 13.2 Å². The zero-order valence-corrected chi connectivity index (χ0v) is 13.5. The second kappa shape index (κ2) is 5.23. The fourth-order valence-electron chi connectivity index (χ4n) is 1.25. The van der Waals surface area contributed by atoms with Crippen molar-refractivity contribution >= 4 is 59.6 Å². The van der Waals surface area contributed by atoms with Crippen LogP contribution in [0.1, 0.15) is 15.2 Å². The van der Waals surface area contributed by atoms with E-state index in [0.29, 0.717) is 0 Å². The van der Waals surface area contributed by atoms with E-state index in [0.717, 1.165) is 32.0 Å². The largest absolute Gasteiger partial charge is 0.477 e. The van der Waals surface area contributed by atoms with Crippen LogP contribution in [0.3, 0.4) is 0 Å². The molecule has 2 aromatic rings. The van der Waals surface area contributed by atoms with Crippen LogP contribution in [0.15, 0.2) is 26.2 Å². The first kappa shape index (κ1) is 14.5. The number of nitrogens with one attached hydrogen (secondary N) is 1. The summed E-state index contributed by atoms with van der Waals surface area (Å²) in [6.07, 6.45) is 0. The van der Waals surface area contributed by atoms with Crippen LogP contribution in [0.5, 0.6) is 0 Å². The van der Waals surface area contributed by atoms with Crippen molar-refractivity contribution in [1.82, 2.24) is 0 Å². The number of thiophene rings is 2. The lowest BCUT2D eigenvalue weighted by Gasteiger charge is -2.02. The standard InChI is InChI=1S/C10H8BrNO4S3/c1-5-4-8(18-9(5)11)19(15,16)12-7-3-2-6(17-7)10(13)14/h2-4,12H,1H3,(H,13,14). The topological polar surface area (TPSA) is 83.5 Å². The molecular formula is C10H8BrNO4S3. The van der Waals surface area contributed by atoms with E-state index in [1.54, 1.807) is 13.0 Å². The average molecular weight is 382 g/mol. The van der Waals surface area contributed by atoms with Gasteiger partial charge in [0.1, 0.15) is 14.1 Å². The maximum absolute atomic E-state index is 12.1. The molecule has 9 heteroatoms. The van der Waals surface area contributed by atoms with E-state index in [4.69, 9.17) is 5.11 Å². The van der Waals surface area contributed by atoms with Crippen molar-refractivity contribution in [3.05, 3.63) is 32.4 Å². The van der Waals surface area contributed by atoms with Gasteiger partial charge in [0.15, 0.2) is 0 Å². The number of anilines is 1. The number of carbonyl (C=O) groups is 1. The summed E-state index contributed by atoms with van der Waals surface area (Å²) in [5.74, 6) is -1.08. The van der Waals surface area contributed by atoms with Crippen LogP contribution in [0, 0.1) is 6.92 Å². The van der Waals surface area contributed by atoms with Gasteiger partial charge >= 0.3 is 5.97 Å². The summed E-state index contributed by atoms with van der Waals surface area (Å²) >= 11 is 5.25. The highest BCUT2D eigenvalue weighted by atomic mass is 79.9. The fraction of sp³-hybridized carbons (Fsp3) is 0.100. The molecule has 19 heavy (non-hydrogen) atoms. The van der Waals surface area contributed by atoms with Gasteiger partial charge in [0.05, 0.1) is 3.79 Å². The molecule has 2 heterocycles. The van der Waals surface area contributed by atoms with E-state index in [1.165, 1.54) is 12.1 Å². The molecule has 0 bridgehead atoms. The Morgan fingerprint density at radius 3 is 2.53 bits per heavy atom. The van der Waals surface area contributed by atoms with Gasteiger partial charge in [0, 0.05) is 0 Å². The summed E-state index contributed by atoms with van der Waals surface area (Å²) in [7, 11) is -3.67. The average Bonchev–Trinajstić information content (AvgIpc) is 2.87. The molecule has 0 fully saturated rings. The number of hydrogen-bond donors (Lipinski definition) is 2. The Balaban J connectivity index is 2.28. The van der Waals surface area contributed by atoms with Crippen molar-refractivity contribution in [3.63, 3.8) is 0 Å². The highest BCUT2D eigenvalue weighted by Crippen LogP contribution is 2.32. The van der Waals surface area contributed by atoms with Gasteiger partial charge in [-0.3, -0.25) is 4.72 Å². The van der Waals surface area contributed by atoms with Gasteiger partial charge in [-0.2, -0.15) is 0 Å². The summed E-state index contributed by atoms with van der Waals surface area (Å²) in [4.78, 5) is 10.8. The van der Waals surface area contributed by atoms with E-state index in [1.807, 2.05) is 0 Å². The van der Waals surface area contributed by atoms with Crippen LogP contribution < -0.4 is 4.72 Å². The first-order valence-corrected chi connectivity index (χ1v) is 8.82. The Morgan fingerprint density at radius 1 is 1.37 bits per heavy atom. The first-order chi connectivity index (χ1) is 8.79. The number of rotatable bonds is 4. The number of aryl methyl sites for hydroxylation is 1. The van der Waals surface area contributed by atoms with Gasteiger partial charge in [-0.05, 0) is 46.6 Å². The van der Waals surface area contributed by atoms with E-state index in [-0.39, 0.29) is 14.1 Å². The number of carboxylic acids is 1. The number of halogens is 1. The summed E-state index contributed by atoms with van der Waals surface area (Å²) in [6, 6.07) is 4.35. The minimum Gasteiger partial charge on any atom is -0.477 e. The summed E-state index contributed by atoms with van der Waals surface area (Å²) in [5.41, 5.74) is 0.836. The molecule has 102 valence electrons. The Bertz CT molecular complexity index is 712. The van der Waals surface area contributed by atoms with E-state index >= 15 is 0 Å². The van der Waals surface area contributed by atoms with E-state index < -0.39 is 16.0 Å². The molecular weight excluding hydrogens is 374 g/mol. The second-order valence-corrected chi connectivity index (χ2v) is 8.96. The van der Waals surface area contributed by atoms with Crippen LogP contribution in [-0.4, -0.2) is 19.5 Å². The number of sulfonamides is 1. The fourth-order valence-corrected chi connectivity index (χ4v) is 5.52. The predicted molar refractivity (Wildman–Crippen MR) is 78.8 cm³/mol. The van der Waals surface area contributed by atoms with Gasteiger partial charge in [-0.1, -0.05) is 0 Å². The van der Waals surface area contributed by atoms with Crippen molar-refractivity contribution in [2.24, 2.45) is 0 Å². The van der Waals surface area contributed by atoms with Gasteiger partial charge in [0.25, 0.3) is 10.0 Å². The molecule has 0 aromatic carbocycles. The molecule has 2 N–H and O–H groups in total. The van der Waals surface area contributed by atoms with E-state index in [9.17, 15) is 13.2 Å². The lowest BCUT2D eigenvalue weighted by atomic mass is 10.4. The molecule has 0 saturated carbocycles. The molecule has 0 unspecified atom stereocenters. The molecule has 0 radical (unpaired) electrons. The number of hydrogen-bond acceptors (Lipinski definition) is 5. The van der Waals surface area contributed by atoms with Crippen LogP contribution in [0.2, 0.25) is 0 Å². The van der Waals surface area contributed by atoms with E-state index in [2.05, 4.69) is 20.7 Å². The zero-order valence-electron chi connectivity index (χ0n) is 9.51. The third-order valence-electron chi connectivity index (χ3n) is 2.15. The van der Waals surface area contributed by atoms with Gasteiger partial charge in [-0.15, -0.1) is 22.7 Å². The number of carboxylic acid groups (broad SMARTS) is 1. The first-order valence-electron chi connectivity index (χ1n) is 4.91. The van der Waals surface area contributed by atoms with Crippen LogP contribution in [-0.2, 0) is 10.0 Å². The monoisotopic (exact) mass is 381 g/mol. The van der Waals surface area contributed by atoms with Crippen molar-refractivity contribution in [2.75, 3.05) is 4.72 Å². The Labute approximate surface area is 126 Å². The Morgan fingerprint density at radius 2 is 2.05 bits per heavy atom. The van der Waals surface area contributed by atoms with Gasteiger partial charge < -0.3 is 5.11 Å². The minimum atomic E-state index is -3.67. The van der Waals surface area contributed by atoms with Crippen LogP contribution in [0.4, 0.5) is 5.00 Å². The van der Waals surface area contributed by atoms with Crippen molar-refractivity contribution < 1.29 is 18.3 Å². The lowest BCUT2D eigenvalue weighted by molar-refractivity contribution is 0.0702. The third kappa shape index (κ3) is 3.16. The SMILES string of the molecule is Cc1cc(S(=O)(=O)Nc2ccc(C(=O)O)s2)sc1Br. The van der Waals surface area contributed by atoms with Crippen molar-refractivity contribution in [3.8, 4) is 0 Å². The molecule has 0 spiro atoms. The predicted octanol–water partition coefficient (Wildman–Crippen LogP) is 3.38. The summed E-state index contributed by atoms with van der Waals surface area (Å²) in [6.45, 7) is 1.80. The summed E-state index contributed by atoms with van der Waals surface area (Å²) < 4.78 is 27.5. The zero-order chi connectivity index (χ0) is 14.2. The highest BCUT2D eigenvalue weighted by Gasteiger charge is 2.19. The third-order valence-corrected chi connectivity index (χ3v) is 7.24. The molecule has 0 amide bonds. The molecule has 0 atom stereocenters. The second-order valence-electron chi connectivity index (χ2n) is 3.60. The molecule has 0 aliphatic heterocycles. The highest BCUT2D eigenvalue weighted by molar-refractivity contribution is 9.11. The molecule has 2 aromatic heterocycles. The smallest absolute Gasteiger partial charge is 0.345 e. The summed E-state index contributed by atoms with van der Waals surface area (Å²) in [5, 5.41) is 9.06. The minimum absolute atomic E-state index is 0.0845. The Kier molecular flexibility index (Phi) is 4.00. The van der Waals surface area contributed by atoms with Crippen LogP contribution in [0.25, 0.3) is 0 Å². The Hall–Kier alpha value is -0.900. The van der Waals surface area contributed by atoms with Crippen LogP contribution >= 0.6 is 38.6 Å². The maximum atomic E-state index is 12.1. The molecule has 0 aliphatic carbocycles.